The minimum Gasteiger partial charge on any atom is -0.388 e. The predicted molar refractivity (Wildman–Crippen MR) is 53.3 cm³/mol. The van der Waals surface area contributed by atoms with Crippen molar-refractivity contribution in [2.24, 2.45) is 0 Å². The summed E-state index contributed by atoms with van der Waals surface area (Å²) in [5.41, 5.74) is 0.460. The predicted octanol–water partition coefficient (Wildman–Crippen LogP) is 2.13. The molecule has 0 atom stereocenters. The van der Waals surface area contributed by atoms with Crippen LogP contribution in [0.25, 0.3) is 11.5 Å². The van der Waals surface area contributed by atoms with Crippen molar-refractivity contribution < 1.29 is 14.0 Å². The molecule has 0 saturated carbocycles. The van der Waals surface area contributed by atoms with Gasteiger partial charge in [0.25, 0.3) is 5.89 Å². The highest BCUT2D eigenvalue weighted by atomic mass is 79.9. The molecule has 0 amide bonds. The second-order valence-electron chi connectivity index (χ2n) is 2.80. The summed E-state index contributed by atoms with van der Waals surface area (Å²) in [4.78, 5) is 3.88. The first-order valence-corrected chi connectivity index (χ1v) is 4.89. The molecule has 0 bridgehead atoms. The molecule has 1 aromatic heterocycles. The topological polar surface area (TPSA) is 59.2 Å². The van der Waals surface area contributed by atoms with Gasteiger partial charge < -0.3 is 9.63 Å². The van der Waals surface area contributed by atoms with Gasteiger partial charge >= 0.3 is 0 Å². The molecule has 2 rings (SSSR count). The zero-order chi connectivity index (χ0) is 10.8. The lowest BCUT2D eigenvalue weighted by Crippen LogP contribution is -1.86. The van der Waals surface area contributed by atoms with Crippen molar-refractivity contribution in [3.05, 3.63) is 34.3 Å². The van der Waals surface area contributed by atoms with Crippen LogP contribution in [0.3, 0.4) is 0 Å². The molecule has 0 unspecified atom stereocenters. The van der Waals surface area contributed by atoms with Crippen LogP contribution in [-0.4, -0.2) is 15.2 Å². The molecule has 0 aliphatic rings. The first-order valence-electron chi connectivity index (χ1n) is 4.09. The maximum Gasteiger partial charge on any atom is 0.259 e. The summed E-state index contributed by atoms with van der Waals surface area (Å²) in [6.07, 6.45) is 0. The van der Waals surface area contributed by atoms with Crippen LogP contribution in [0.15, 0.2) is 27.2 Å². The minimum absolute atomic E-state index is 0.168. The number of aliphatic hydroxyl groups is 1. The number of aliphatic hydroxyl groups excluding tert-OH is 1. The van der Waals surface area contributed by atoms with E-state index in [4.69, 9.17) is 9.63 Å². The third-order valence-corrected chi connectivity index (χ3v) is 2.46. The highest BCUT2D eigenvalue weighted by Crippen LogP contribution is 2.27. The lowest BCUT2D eigenvalue weighted by atomic mass is 10.2. The van der Waals surface area contributed by atoms with Gasteiger partial charge in [-0.05, 0) is 34.1 Å². The van der Waals surface area contributed by atoms with Crippen molar-refractivity contribution in [3.63, 3.8) is 0 Å². The lowest BCUT2D eigenvalue weighted by molar-refractivity contribution is 0.264. The average molecular weight is 273 g/mol. The van der Waals surface area contributed by atoms with Crippen molar-refractivity contribution in [3.8, 4) is 11.5 Å². The van der Waals surface area contributed by atoms with Gasteiger partial charge in [-0.15, -0.1) is 0 Å². The third-order valence-electron chi connectivity index (χ3n) is 1.77. The molecule has 15 heavy (non-hydrogen) atoms. The molecule has 78 valence electrons. The Morgan fingerprint density at radius 2 is 2.27 bits per heavy atom. The zero-order valence-electron chi connectivity index (χ0n) is 7.44. The Morgan fingerprint density at radius 1 is 1.47 bits per heavy atom. The third kappa shape index (κ3) is 2.05. The molecule has 1 heterocycles. The molecular weight excluding hydrogens is 267 g/mol. The Kier molecular flexibility index (Phi) is 2.79. The van der Waals surface area contributed by atoms with Gasteiger partial charge in [-0.1, -0.05) is 5.16 Å². The number of benzene rings is 1. The fourth-order valence-electron chi connectivity index (χ4n) is 1.09. The van der Waals surface area contributed by atoms with Gasteiger partial charge in [0.15, 0.2) is 5.82 Å². The van der Waals surface area contributed by atoms with Crippen LogP contribution in [0, 0.1) is 5.82 Å². The van der Waals surface area contributed by atoms with Crippen LogP contribution in [-0.2, 0) is 6.61 Å². The quantitative estimate of drug-likeness (QED) is 0.910. The molecule has 0 aliphatic heterocycles. The summed E-state index contributed by atoms with van der Waals surface area (Å²) >= 11 is 3.24. The molecule has 0 fully saturated rings. The standard InChI is InChI=1S/C9H6BrFN2O2/c10-7-2-1-5(11)3-6(7)9-12-8(4-14)13-15-9/h1-3,14H,4H2. The second-order valence-corrected chi connectivity index (χ2v) is 3.65. The van der Waals surface area contributed by atoms with E-state index >= 15 is 0 Å². The monoisotopic (exact) mass is 272 g/mol. The average Bonchev–Trinajstić information content (AvgIpc) is 2.70. The molecule has 6 heteroatoms. The van der Waals surface area contributed by atoms with E-state index in [9.17, 15) is 4.39 Å². The van der Waals surface area contributed by atoms with E-state index in [2.05, 4.69) is 26.1 Å². The van der Waals surface area contributed by atoms with E-state index in [1.165, 1.54) is 12.1 Å². The molecule has 4 nitrogen and oxygen atoms in total. The lowest BCUT2D eigenvalue weighted by Gasteiger charge is -1.97. The van der Waals surface area contributed by atoms with Gasteiger partial charge in [-0.3, -0.25) is 0 Å². The highest BCUT2D eigenvalue weighted by Gasteiger charge is 2.12. The van der Waals surface area contributed by atoms with Crippen molar-refractivity contribution in [2.45, 2.75) is 6.61 Å². The Labute approximate surface area is 92.9 Å². The van der Waals surface area contributed by atoms with Crippen molar-refractivity contribution in [1.29, 1.82) is 0 Å². The molecule has 1 aromatic carbocycles. The van der Waals surface area contributed by atoms with Crippen LogP contribution < -0.4 is 0 Å². The number of rotatable bonds is 2. The van der Waals surface area contributed by atoms with Crippen LogP contribution in [0.1, 0.15) is 5.82 Å². The number of nitrogens with zero attached hydrogens (tertiary/aromatic N) is 2. The van der Waals surface area contributed by atoms with Crippen molar-refractivity contribution in [1.82, 2.24) is 10.1 Å². The molecule has 1 N–H and O–H groups in total. The van der Waals surface area contributed by atoms with Crippen LogP contribution in [0.2, 0.25) is 0 Å². The Bertz CT molecular complexity index is 487. The van der Waals surface area contributed by atoms with Crippen LogP contribution in [0.5, 0.6) is 0 Å². The fraction of sp³-hybridized carbons (Fsp3) is 0.111. The maximum atomic E-state index is 13.0. The van der Waals surface area contributed by atoms with E-state index in [1.807, 2.05) is 0 Å². The Morgan fingerprint density at radius 3 is 2.93 bits per heavy atom. The summed E-state index contributed by atoms with van der Waals surface area (Å²) in [6, 6.07) is 4.14. The van der Waals surface area contributed by atoms with Gasteiger partial charge in [-0.25, -0.2) is 4.39 Å². The van der Waals surface area contributed by atoms with Gasteiger partial charge in [0.1, 0.15) is 12.4 Å². The number of hydrogen-bond acceptors (Lipinski definition) is 4. The normalized spacial score (nSPS) is 10.6. The van der Waals surface area contributed by atoms with E-state index in [0.717, 1.165) is 0 Å². The van der Waals surface area contributed by atoms with Gasteiger partial charge in [0.2, 0.25) is 0 Å². The first kappa shape index (κ1) is 10.3. The molecule has 0 saturated heterocycles. The highest BCUT2D eigenvalue weighted by molar-refractivity contribution is 9.10. The maximum absolute atomic E-state index is 13.0. The molecule has 2 aromatic rings. The smallest absolute Gasteiger partial charge is 0.259 e. The summed E-state index contributed by atoms with van der Waals surface area (Å²) in [5.74, 6) is -0.0523. The fourth-order valence-corrected chi connectivity index (χ4v) is 1.51. The van der Waals surface area contributed by atoms with E-state index < -0.39 is 5.82 Å². The molecule has 0 aliphatic carbocycles. The molecular formula is C9H6BrFN2O2. The largest absolute Gasteiger partial charge is 0.388 e. The van der Waals surface area contributed by atoms with Crippen molar-refractivity contribution >= 4 is 15.9 Å². The second kappa shape index (κ2) is 4.08. The SMILES string of the molecule is OCc1noc(-c2cc(F)ccc2Br)n1. The van der Waals surface area contributed by atoms with Gasteiger partial charge in [-0.2, -0.15) is 4.98 Å². The van der Waals surface area contributed by atoms with E-state index in [-0.39, 0.29) is 18.3 Å². The minimum atomic E-state index is -0.392. The summed E-state index contributed by atoms with van der Waals surface area (Å²) < 4.78 is 18.5. The first-order chi connectivity index (χ1) is 7.20. The Balaban J connectivity index is 2.48. The number of hydrogen-bond donors (Lipinski definition) is 1. The number of halogens is 2. The van der Waals surface area contributed by atoms with Crippen LogP contribution >= 0.6 is 15.9 Å². The zero-order valence-corrected chi connectivity index (χ0v) is 9.03. The van der Waals surface area contributed by atoms with Gasteiger partial charge in [0.05, 0.1) is 5.56 Å². The summed E-state index contributed by atoms with van der Waals surface area (Å²) in [6.45, 7) is -0.309. The van der Waals surface area contributed by atoms with E-state index in [1.54, 1.807) is 6.07 Å². The van der Waals surface area contributed by atoms with Crippen LogP contribution in [0.4, 0.5) is 4.39 Å². The van der Waals surface area contributed by atoms with E-state index in [0.29, 0.717) is 10.0 Å². The number of aromatic nitrogens is 2. The van der Waals surface area contributed by atoms with Gasteiger partial charge in [0, 0.05) is 4.47 Å². The molecule has 0 spiro atoms. The Hall–Kier alpha value is -1.27. The summed E-state index contributed by atoms with van der Waals surface area (Å²) in [7, 11) is 0. The summed E-state index contributed by atoms with van der Waals surface area (Å²) in [5, 5.41) is 12.3. The molecule has 0 radical (unpaired) electrons. The van der Waals surface area contributed by atoms with Crippen molar-refractivity contribution in [2.75, 3.05) is 0 Å².